The summed E-state index contributed by atoms with van der Waals surface area (Å²) in [5.74, 6) is 0.673. The normalized spacial score (nSPS) is 27.2. The highest BCUT2D eigenvalue weighted by Gasteiger charge is 2.43. The van der Waals surface area contributed by atoms with Crippen molar-refractivity contribution in [1.82, 2.24) is 20.5 Å². The van der Waals surface area contributed by atoms with Crippen LogP contribution >= 0.6 is 11.3 Å². The molecule has 5 heterocycles. The first-order valence-corrected chi connectivity index (χ1v) is 10.00. The fourth-order valence-electron chi connectivity index (χ4n) is 4.27. The molecule has 8 heteroatoms. The van der Waals surface area contributed by atoms with Gasteiger partial charge in [-0.05, 0) is 43.5 Å². The van der Waals surface area contributed by atoms with Crippen LogP contribution in [0.3, 0.4) is 0 Å². The number of H-pyrrole nitrogens is 1. The van der Waals surface area contributed by atoms with Gasteiger partial charge in [0.25, 0.3) is 5.56 Å². The van der Waals surface area contributed by atoms with Crippen LogP contribution in [0.1, 0.15) is 19.3 Å². The maximum atomic E-state index is 14.8. The van der Waals surface area contributed by atoms with Crippen molar-refractivity contribution >= 4 is 27.2 Å². The van der Waals surface area contributed by atoms with Crippen LogP contribution in [0.5, 0.6) is 0 Å². The van der Waals surface area contributed by atoms with Gasteiger partial charge in [-0.2, -0.15) is 0 Å². The number of pyridine rings is 1. The number of thiophene rings is 1. The molecular formula is C19H20FN5OS. The van der Waals surface area contributed by atoms with Gasteiger partial charge in [-0.15, -0.1) is 21.5 Å². The Hall–Kier alpha value is -2.32. The highest BCUT2D eigenvalue weighted by Crippen LogP contribution is 2.34. The largest absolute Gasteiger partial charge is 0.352 e. The summed E-state index contributed by atoms with van der Waals surface area (Å²) in [5.41, 5.74) is 0.615. The molecule has 0 saturated carbocycles. The second kappa shape index (κ2) is 6.38. The van der Waals surface area contributed by atoms with Crippen molar-refractivity contribution in [3.63, 3.8) is 0 Å². The Morgan fingerprint density at radius 3 is 2.93 bits per heavy atom. The molecule has 2 N–H and O–H groups in total. The third-order valence-electron chi connectivity index (χ3n) is 5.77. The van der Waals surface area contributed by atoms with E-state index in [0.29, 0.717) is 17.2 Å². The van der Waals surface area contributed by atoms with E-state index < -0.39 is 6.17 Å². The van der Waals surface area contributed by atoms with Gasteiger partial charge in [-0.25, -0.2) is 4.39 Å². The van der Waals surface area contributed by atoms with Crippen molar-refractivity contribution in [3.05, 3.63) is 40.8 Å². The van der Waals surface area contributed by atoms with Crippen LogP contribution in [0.4, 0.5) is 10.2 Å². The lowest BCUT2D eigenvalue weighted by molar-refractivity contribution is 0.176. The molecule has 4 atom stereocenters. The first kappa shape index (κ1) is 16.8. The molecule has 27 heavy (non-hydrogen) atoms. The molecule has 0 amide bonds. The topological polar surface area (TPSA) is 73.9 Å². The smallest absolute Gasteiger partial charge is 0.256 e. The van der Waals surface area contributed by atoms with Gasteiger partial charge in [-0.3, -0.25) is 4.79 Å². The van der Waals surface area contributed by atoms with E-state index in [0.717, 1.165) is 34.5 Å². The van der Waals surface area contributed by atoms with E-state index in [1.54, 1.807) is 6.20 Å². The average molecular weight is 385 g/mol. The zero-order chi connectivity index (χ0) is 18.5. The van der Waals surface area contributed by atoms with Crippen molar-refractivity contribution in [1.29, 1.82) is 0 Å². The summed E-state index contributed by atoms with van der Waals surface area (Å²) in [7, 11) is 1.89. The maximum Gasteiger partial charge on any atom is 0.256 e. The zero-order valence-corrected chi connectivity index (χ0v) is 15.7. The van der Waals surface area contributed by atoms with E-state index in [9.17, 15) is 9.18 Å². The molecule has 0 spiro atoms. The Labute approximate surface area is 159 Å². The van der Waals surface area contributed by atoms with Gasteiger partial charge in [0.2, 0.25) is 0 Å². The van der Waals surface area contributed by atoms with Crippen LogP contribution in [-0.4, -0.2) is 46.5 Å². The molecule has 2 aliphatic heterocycles. The van der Waals surface area contributed by atoms with Crippen molar-refractivity contribution in [3.8, 4) is 10.6 Å². The van der Waals surface area contributed by atoms with Crippen LogP contribution in [-0.2, 0) is 0 Å². The number of hydrogen-bond donors (Lipinski definition) is 2. The van der Waals surface area contributed by atoms with E-state index >= 15 is 0 Å². The zero-order valence-electron chi connectivity index (χ0n) is 14.9. The first-order chi connectivity index (χ1) is 13.1. The molecule has 2 saturated heterocycles. The predicted octanol–water partition coefficient (Wildman–Crippen LogP) is 2.71. The van der Waals surface area contributed by atoms with E-state index in [1.165, 1.54) is 11.3 Å². The lowest BCUT2D eigenvalue weighted by Gasteiger charge is -2.38. The van der Waals surface area contributed by atoms with Gasteiger partial charge >= 0.3 is 0 Å². The number of alkyl halides is 1. The summed E-state index contributed by atoms with van der Waals surface area (Å²) in [6.45, 7) is 0. The average Bonchev–Trinajstić information content (AvgIpc) is 3.30. The second-order valence-electron chi connectivity index (χ2n) is 7.38. The molecule has 2 aliphatic rings. The summed E-state index contributed by atoms with van der Waals surface area (Å²) >= 11 is 1.51. The Morgan fingerprint density at radius 2 is 2.15 bits per heavy atom. The van der Waals surface area contributed by atoms with Crippen molar-refractivity contribution in [2.75, 3.05) is 11.9 Å². The molecular weight excluding hydrogens is 365 g/mol. The fraction of sp³-hybridized carbons (Fsp3) is 0.421. The van der Waals surface area contributed by atoms with Crippen LogP contribution in [0, 0.1) is 0 Å². The van der Waals surface area contributed by atoms with Gasteiger partial charge in [0.15, 0.2) is 5.82 Å². The highest BCUT2D eigenvalue weighted by molar-refractivity contribution is 7.22. The Balaban J connectivity index is 1.41. The number of rotatable bonds is 3. The minimum absolute atomic E-state index is 0.0416. The number of aromatic nitrogens is 3. The van der Waals surface area contributed by atoms with Crippen LogP contribution in [0.25, 0.3) is 20.7 Å². The number of hydrogen-bond acceptors (Lipinski definition) is 6. The first-order valence-electron chi connectivity index (χ1n) is 9.18. The molecule has 2 fully saturated rings. The molecule has 6 nitrogen and oxygen atoms in total. The summed E-state index contributed by atoms with van der Waals surface area (Å²) < 4.78 is 15.7. The van der Waals surface area contributed by atoms with Crippen LogP contribution in [0.2, 0.25) is 0 Å². The van der Waals surface area contributed by atoms with Crippen LogP contribution in [0.15, 0.2) is 35.3 Å². The Bertz CT molecular complexity index is 1030. The molecule has 0 aromatic carbocycles. The lowest BCUT2D eigenvalue weighted by Crippen LogP contribution is -2.55. The number of aromatic amines is 1. The quantitative estimate of drug-likeness (QED) is 0.725. The number of halogens is 1. The third kappa shape index (κ3) is 2.83. The highest BCUT2D eigenvalue weighted by atomic mass is 32.1. The minimum atomic E-state index is -0.899. The SMILES string of the molecule is CN(c1ccc(-c2cc3c(=O)[nH]ccc3s2)nn1)[C@@H]1C[C@H]2CC[C@H](N2)[C@@H]1F. The summed E-state index contributed by atoms with van der Waals surface area (Å²) in [4.78, 5) is 17.4. The summed E-state index contributed by atoms with van der Waals surface area (Å²) in [6, 6.07) is 7.68. The molecule has 0 unspecified atom stereocenters. The monoisotopic (exact) mass is 385 g/mol. The molecule has 3 aromatic rings. The lowest BCUT2D eigenvalue weighted by atomic mass is 9.96. The predicted molar refractivity (Wildman–Crippen MR) is 105 cm³/mol. The number of anilines is 1. The minimum Gasteiger partial charge on any atom is -0.352 e. The number of fused-ring (bicyclic) bond motifs is 3. The number of nitrogens with zero attached hydrogens (tertiary/aromatic N) is 3. The van der Waals surface area contributed by atoms with Crippen molar-refractivity contribution < 1.29 is 4.39 Å². The van der Waals surface area contributed by atoms with E-state index in [-0.39, 0.29) is 17.6 Å². The van der Waals surface area contributed by atoms with Gasteiger partial charge in [0, 0.05) is 30.0 Å². The molecule has 5 rings (SSSR count). The van der Waals surface area contributed by atoms with Gasteiger partial charge in [-0.1, -0.05) is 0 Å². The number of nitrogens with one attached hydrogen (secondary N) is 2. The van der Waals surface area contributed by atoms with E-state index in [4.69, 9.17) is 0 Å². The molecule has 3 aromatic heterocycles. The fourth-order valence-corrected chi connectivity index (χ4v) is 5.29. The molecule has 2 bridgehead atoms. The standard InChI is InChI=1S/C19H20FN5OS/c1-25(14-8-10-2-3-13(22-10)18(14)20)17-5-4-12(23-24-17)16-9-11-15(27-16)6-7-21-19(11)26/h4-7,9-10,13-14,18,22H,2-3,8H2,1H3,(H,21,26)/t10-,13+,14-,18+/m1/s1. The number of piperidine rings is 1. The second-order valence-corrected chi connectivity index (χ2v) is 8.46. The van der Waals surface area contributed by atoms with E-state index in [1.807, 2.05) is 36.2 Å². The van der Waals surface area contributed by atoms with Gasteiger partial charge in [0.1, 0.15) is 11.9 Å². The maximum absolute atomic E-state index is 14.8. The van der Waals surface area contributed by atoms with Crippen LogP contribution < -0.4 is 15.8 Å². The van der Waals surface area contributed by atoms with Gasteiger partial charge < -0.3 is 15.2 Å². The Kier molecular flexibility index (Phi) is 3.98. The molecule has 140 valence electrons. The third-order valence-corrected chi connectivity index (χ3v) is 6.89. The molecule has 0 radical (unpaired) electrons. The molecule has 0 aliphatic carbocycles. The Morgan fingerprint density at radius 1 is 1.26 bits per heavy atom. The summed E-state index contributed by atoms with van der Waals surface area (Å²) in [5, 5.41) is 12.7. The van der Waals surface area contributed by atoms with Crippen molar-refractivity contribution in [2.45, 2.75) is 43.6 Å². The summed E-state index contributed by atoms with van der Waals surface area (Å²) in [6.07, 6.45) is 3.49. The van der Waals surface area contributed by atoms with Crippen molar-refractivity contribution in [2.24, 2.45) is 0 Å². The van der Waals surface area contributed by atoms with Gasteiger partial charge in [0.05, 0.1) is 16.3 Å². The van der Waals surface area contributed by atoms with E-state index in [2.05, 4.69) is 20.5 Å².